The van der Waals surface area contributed by atoms with E-state index in [0.717, 1.165) is 5.82 Å². The average molecular weight is 237 g/mol. The molecule has 96 valence electrons. The predicted molar refractivity (Wildman–Crippen MR) is 66.6 cm³/mol. The zero-order chi connectivity index (χ0) is 12.5. The Morgan fingerprint density at radius 3 is 2.59 bits per heavy atom. The van der Waals surface area contributed by atoms with Crippen LogP contribution < -0.4 is 5.32 Å². The molecule has 1 aromatic rings. The van der Waals surface area contributed by atoms with Crippen molar-refractivity contribution in [3.05, 3.63) is 5.82 Å². The van der Waals surface area contributed by atoms with Gasteiger partial charge >= 0.3 is 0 Å². The lowest BCUT2D eigenvalue weighted by Gasteiger charge is -2.34. The highest BCUT2D eigenvalue weighted by Gasteiger charge is 2.30. The first kappa shape index (κ1) is 12.5. The molecule has 5 heteroatoms. The van der Waals surface area contributed by atoms with Gasteiger partial charge < -0.3 is 5.32 Å². The molecule has 1 fully saturated rings. The van der Waals surface area contributed by atoms with Gasteiger partial charge in [-0.25, -0.2) is 4.68 Å². The van der Waals surface area contributed by atoms with Crippen molar-refractivity contribution in [1.82, 2.24) is 25.5 Å². The Hall–Kier alpha value is -0.970. The van der Waals surface area contributed by atoms with Gasteiger partial charge in [-0.3, -0.25) is 0 Å². The van der Waals surface area contributed by atoms with Crippen molar-refractivity contribution >= 4 is 0 Å². The number of hydrogen-bond donors (Lipinski definition) is 1. The first-order valence-corrected chi connectivity index (χ1v) is 6.48. The second-order valence-corrected chi connectivity index (χ2v) is 5.89. The molecule has 0 saturated heterocycles. The molecule has 0 aliphatic heterocycles. The summed E-state index contributed by atoms with van der Waals surface area (Å²) in [4.78, 5) is 0. The zero-order valence-electron chi connectivity index (χ0n) is 11.3. The summed E-state index contributed by atoms with van der Waals surface area (Å²) >= 11 is 0. The van der Waals surface area contributed by atoms with Crippen LogP contribution >= 0.6 is 0 Å². The minimum absolute atomic E-state index is 0.208. The van der Waals surface area contributed by atoms with Gasteiger partial charge in [-0.2, -0.15) is 0 Å². The third-order valence-corrected chi connectivity index (χ3v) is 3.99. The first-order chi connectivity index (χ1) is 8.03. The number of hydrogen-bond acceptors (Lipinski definition) is 4. The van der Waals surface area contributed by atoms with Gasteiger partial charge in [-0.1, -0.05) is 13.8 Å². The van der Waals surface area contributed by atoms with Gasteiger partial charge in [-0.15, -0.1) is 5.10 Å². The number of rotatable bonds is 3. The molecule has 1 heterocycles. The Morgan fingerprint density at radius 2 is 2.00 bits per heavy atom. The minimum atomic E-state index is 0.208. The highest BCUT2D eigenvalue weighted by Crippen LogP contribution is 2.40. The van der Waals surface area contributed by atoms with Gasteiger partial charge in [0.05, 0.1) is 12.1 Å². The summed E-state index contributed by atoms with van der Waals surface area (Å²) in [6, 6.07) is 0.684. The highest BCUT2D eigenvalue weighted by molar-refractivity contribution is 4.93. The number of tetrazole rings is 1. The molecule has 0 aromatic carbocycles. The summed E-state index contributed by atoms with van der Waals surface area (Å²) in [6.45, 7) is 6.79. The maximum absolute atomic E-state index is 4.17. The quantitative estimate of drug-likeness (QED) is 0.874. The smallest absolute Gasteiger partial charge is 0.168 e. The molecule has 0 spiro atoms. The van der Waals surface area contributed by atoms with Crippen molar-refractivity contribution in [3.63, 3.8) is 0 Å². The van der Waals surface area contributed by atoms with Crippen molar-refractivity contribution in [3.8, 4) is 0 Å². The fraction of sp³-hybridized carbons (Fsp3) is 0.917. The van der Waals surface area contributed by atoms with Crippen LogP contribution in [0.2, 0.25) is 0 Å². The molecule has 0 radical (unpaired) electrons. The normalized spacial score (nSPS) is 22.6. The maximum Gasteiger partial charge on any atom is 0.168 e. The Bertz CT molecular complexity index is 361. The van der Waals surface area contributed by atoms with Crippen LogP contribution in [-0.4, -0.2) is 27.3 Å². The van der Waals surface area contributed by atoms with E-state index in [-0.39, 0.29) is 6.04 Å². The van der Waals surface area contributed by atoms with E-state index in [1.807, 2.05) is 11.7 Å². The van der Waals surface area contributed by atoms with E-state index < -0.39 is 0 Å². The third kappa shape index (κ3) is 2.65. The van der Waals surface area contributed by atoms with Gasteiger partial charge in [0, 0.05) is 0 Å². The molecule has 5 nitrogen and oxygen atoms in total. The Morgan fingerprint density at radius 1 is 1.35 bits per heavy atom. The predicted octanol–water partition coefficient (Wildman–Crippen LogP) is 2.09. The maximum atomic E-state index is 4.17. The van der Waals surface area contributed by atoms with E-state index in [1.54, 1.807) is 0 Å². The SMILES string of the molecule is CNC(C)c1nnnn1C1CCC(C)(C)CC1. The molecule has 0 bridgehead atoms. The van der Waals surface area contributed by atoms with Gasteiger partial charge in [0.1, 0.15) is 0 Å². The molecular weight excluding hydrogens is 214 g/mol. The van der Waals surface area contributed by atoms with E-state index in [4.69, 9.17) is 0 Å². The second kappa shape index (κ2) is 4.72. The highest BCUT2D eigenvalue weighted by atomic mass is 15.6. The van der Waals surface area contributed by atoms with E-state index in [2.05, 4.69) is 41.6 Å². The Balaban J connectivity index is 2.11. The minimum Gasteiger partial charge on any atom is -0.311 e. The summed E-state index contributed by atoms with van der Waals surface area (Å²) in [5.41, 5.74) is 0.485. The molecule has 1 aliphatic rings. The lowest BCUT2D eigenvalue weighted by molar-refractivity contribution is 0.181. The lowest BCUT2D eigenvalue weighted by atomic mass is 9.75. The van der Waals surface area contributed by atoms with Crippen LogP contribution in [0.25, 0.3) is 0 Å². The first-order valence-electron chi connectivity index (χ1n) is 6.48. The molecule has 1 atom stereocenters. The summed E-state index contributed by atoms with van der Waals surface area (Å²) in [7, 11) is 1.94. The van der Waals surface area contributed by atoms with E-state index >= 15 is 0 Å². The van der Waals surface area contributed by atoms with Gasteiger partial charge in [0.25, 0.3) is 0 Å². The zero-order valence-corrected chi connectivity index (χ0v) is 11.3. The topological polar surface area (TPSA) is 55.6 Å². The van der Waals surface area contributed by atoms with Crippen LogP contribution in [0.1, 0.15) is 64.4 Å². The van der Waals surface area contributed by atoms with E-state index in [0.29, 0.717) is 11.5 Å². The van der Waals surface area contributed by atoms with Gasteiger partial charge in [0.2, 0.25) is 0 Å². The molecule has 1 saturated carbocycles. The summed E-state index contributed by atoms with van der Waals surface area (Å²) in [6.07, 6.45) is 4.87. The molecule has 1 unspecified atom stereocenters. The van der Waals surface area contributed by atoms with Crippen molar-refractivity contribution in [2.45, 2.75) is 58.5 Å². The molecule has 1 N–H and O–H groups in total. The fourth-order valence-electron chi connectivity index (χ4n) is 2.50. The number of aromatic nitrogens is 4. The Kier molecular flexibility index (Phi) is 3.47. The largest absolute Gasteiger partial charge is 0.311 e. The van der Waals surface area contributed by atoms with Crippen molar-refractivity contribution in [2.75, 3.05) is 7.05 Å². The molecule has 1 aromatic heterocycles. The van der Waals surface area contributed by atoms with Crippen LogP contribution in [0.15, 0.2) is 0 Å². The van der Waals surface area contributed by atoms with Crippen molar-refractivity contribution in [1.29, 1.82) is 0 Å². The molecular formula is C12H23N5. The van der Waals surface area contributed by atoms with Crippen molar-refractivity contribution < 1.29 is 0 Å². The molecule has 17 heavy (non-hydrogen) atoms. The van der Waals surface area contributed by atoms with Gasteiger partial charge in [0.15, 0.2) is 5.82 Å². The van der Waals surface area contributed by atoms with Crippen LogP contribution in [0.4, 0.5) is 0 Å². The summed E-state index contributed by atoms with van der Waals surface area (Å²) in [5.74, 6) is 0.956. The van der Waals surface area contributed by atoms with Crippen LogP contribution in [-0.2, 0) is 0 Å². The van der Waals surface area contributed by atoms with Crippen molar-refractivity contribution in [2.24, 2.45) is 5.41 Å². The molecule has 1 aliphatic carbocycles. The standard InChI is InChI=1S/C12H23N5/c1-9(13-4)11-14-15-16-17(11)10-5-7-12(2,3)8-6-10/h9-10,13H,5-8H2,1-4H3. The lowest BCUT2D eigenvalue weighted by Crippen LogP contribution is -2.27. The van der Waals surface area contributed by atoms with E-state index in [9.17, 15) is 0 Å². The monoisotopic (exact) mass is 237 g/mol. The number of nitrogens with zero attached hydrogens (tertiary/aromatic N) is 4. The van der Waals surface area contributed by atoms with Crippen LogP contribution in [0, 0.1) is 5.41 Å². The average Bonchev–Trinajstić information content (AvgIpc) is 2.77. The summed E-state index contributed by atoms with van der Waals surface area (Å²) < 4.78 is 2.02. The second-order valence-electron chi connectivity index (χ2n) is 5.89. The fourth-order valence-corrected chi connectivity index (χ4v) is 2.50. The van der Waals surface area contributed by atoms with Crippen LogP contribution in [0.3, 0.4) is 0 Å². The van der Waals surface area contributed by atoms with Crippen LogP contribution in [0.5, 0.6) is 0 Å². The molecule has 0 amide bonds. The van der Waals surface area contributed by atoms with E-state index in [1.165, 1.54) is 25.7 Å². The third-order valence-electron chi connectivity index (χ3n) is 3.99. The number of nitrogens with one attached hydrogen (secondary N) is 1. The molecule has 2 rings (SSSR count). The summed E-state index contributed by atoms with van der Waals surface area (Å²) in [5, 5.41) is 15.3. The van der Waals surface area contributed by atoms with Gasteiger partial charge in [-0.05, 0) is 55.5 Å². The Labute approximate surface area is 103 Å².